The minimum absolute atomic E-state index is 0.440. The van der Waals surface area contributed by atoms with Crippen molar-refractivity contribution in [1.29, 1.82) is 0 Å². The van der Waals surface area contributed by atoms with Crippen LogP contribution in [0.1, 0.15) is 13.8 Å². The fraction of sp³-hybridized carbons (Fsp3) is 1.00. The van der Waals surface area contributed by atoms with E-state index in [9.17, 15) is 0 Å². The van der Waals surface area contributed by atoms with Crippen LogP contribution >= 0.6 is 0 Å². The van der Waals surface area contributed by atoms with Crippen molar-refractivity contribution in [3.05, 3.63) is 0 Å². The summed E-state index contributed by atoms with van der Waals surface area (Å²) in [5.74, 6) is 0.505. The van der Waals surface area contributed by atoms with Crippen LogP contribution in [0.2, 0.25) is 0 Å². The highest BCUT2D eigenvalue weighted by molar-refractivity contribution is 4.74. The van der Waals surface area contributed by atoms with Crippen molar-refractivity contribution < 1.29 is 4.74 Å². The van der Waals surface area contributed by atoms with Gasteiger partial charge in [0.25, 0.3) is 0 Å². The van der Waals surface area contributed by atoms with E-state index in [1.165, 1.54) is 0 Å². The molecule has 3 nitrogen and oxygen atoms in total. The molecule has 3 heteroatoms. The summed E-state index contributed by atoms with van der Waals surface area (Å²) in [7, 11) is 3.83. The van der Waals surface area contributed by atoms with Gasteiger partial charge in [0.2, 0.25) is 0 Å². The second-order valence-corrected chi connectivity index (χ2v) is 3.31. The van der Waals surface area contributed by atoms with Gasteiger partial charge >= 0.3 is 0 Å². The highest BCUT2D eigenvalue weighted by Gasteiger charge is 2.18. The summed E-state index contributed by atoms with van der Waals surface area (Å²) in [6, 6.07) is 0.440. The maximum Gasteiger partial charge on any atom is 0.0503 e. The Hall–Kier alpha value is -0.120. The van der Waals surface area contributed by atoms with Gasteiger partial charge in [0.05, 0.1) is 6.61 Å². The van der Waals surface area contributed by atoms with Crippen LogP contribution in [-0.4, -0.2) is 44.8 Å². The number of likely N-dealkylation sites (N-methyl/N-ethyl adjacent to an activating group) is 1. The average molecular weight is 174 g/mol. The van der Waals surface area contributed by atoms with E-state index in [0.717, 1.165) is 13.2 Å². The van der Waals surface area contributed by atoms with Gasteiger partial charge in [0.1, 0.15) is 0 Å². The number of methoxy groups -OCH3 is 1. The summed E-state index contributed by atoms with van der Waals surface area (Å²) in [6.07, 6.45) is 0. The molecule has 0 aromatic carbocycles. The Morgan fingerprint density at radius 2 is 2.08 bits per heavy atom. The van der Waals surface area contributed by atoms with E-state index in [1.54, 1.807) is 7.11 Å². The maximum absolute atomic E-state index is 5.68. The van der Waals surface area contributed by atoms with Gasteiger partial charge in [-0.05, 0) is 19.5 Å². The predicted octanol–water partition coefficient (Wildman–Crippen LogP) is 0.548. The molecule has 0 radical (unpaired) electrons. The normalized spacial score (nSPS) is 16.5. The van der Waals surface area contributed by atoms with E-state index < -0.39 is 0 Å². The molecule has 0 aliphatic heterocycles. The Morgan fingerprint density at radius 1 is 1.50 bits per heavy atom. The monoisotopic (exact) mass is 174 g/mol. The molecule has 0 fully saturated rings. The van der Waals surface area contributed by atoms with Crippen LogP contribution in [0.5, 0.6) is 0 Å². The molecule has 0 heterocycles. The summed E-state index contributed by atoms with van der Waals surface area (Å²) >= 11 is 0. The van der Waals surface area contributed by atoms with Crippen molar-refractivity contribution in [1.82, 2.24) is 4.90 Å². The van der Waals surface area contributed by atoms with E-state index in [2.05, 4.69) is 25.8 Å². The second-order valence-electron chi connectivity index (χ2n) is 3.31. The molecule has 0 spiro atoms. The maximum atomic E-state index is 5.68. The number of hydrogen-bond donors (Lipinski definition) is 1. The van der Waals surface area contributed by atoms with Gasteiger partial charge in [0, 0.05) is 19.7 Å². The third kappa shape index (κ3) is 3.52. The minimum atomic E-state index is 0.440. The Morgan fingerprint density at radius 3 is 2.42 bits per heavy atom. The highest BCUT2D eigenvalue weighted by Crippen LogP contribution is 2.08. The van der Waals surface area contributed by atoms with Crippen molar-refractivity contribution in [3.63, 3.8) is 0 Å². The summed E-state index contributed by atoms with van der Waals surface area (Å²) in [4.78, 5) is 2.27. The number of ether oxygens (including phenoxy) is 1. The largest absolute Gasteiger partial charge is 0.384 e. The molecule has 74 valence electrons. The van der Waals surface area contributed by atoms with E-state index >= 15 is 0 Å². The van der Waals surface area contributed by atoms with Crippen molar-refractivity contribution in [2.75, 3.05) is 33.9 Å². The molecule has 0 rings (SSSR count). The predicted molar refractivity (Wildman–Crippen MR) is 52.2 cm³/mol. The molecule has 0 saturated carbocycles. The fourth-order valence-corrected chi connectivity index (χ4v) is 1.46. The van der Waals surface area contributed by atoms with Crippen LogP contribution in [0.4, 0.5) is 0 Å². The van der Waals surface area contributed by atoms with Gasteiger partial charge in [-0.25, -0.2) is 0 Å². The Labute approximate surface area is 75.9 Å². The number of rotatable bonds is 6. The van der Waals surface area contributed by atoms with Crippen molar-refractivity contribution in [3.8, 4) is 0 Å². The Balaban J connectivity index is 3.94. The lowest BCUT2D eigenvalue weighted by molar-refractivity contribution is 0.101. The third-order valence-electron chi connectivity index (χ3n) is 2.39. The molecule has 0 aliphatic rings. The van der Waals surface area contributed by atoms with Gasteiger partial charge in [-0.2, -0.15) is 0 Å². The molecule has 2 atom stereocenters. The van der Waals surface area contributed by atoms with Gasteiger partial charge in [-0.15, -0.1) is 0 Å². The van der Waals surface area contributed by atoms with Gasteiger partial charge in [-0.1, -0.05) is 13.8 Å². The fourth-order valence-electron chi connectivity index (χ4n) is 1.46. The first-order valence-corrected chi connectivity index (χ1v) is 4.56. The molecule has 0 aliphatic carbocycles. The molecular formula is C9H22N2O. The van der Waals surface area contributed by atoms with E-state index in [4.69, 9.17) is 10.5 Å². The first-order valence-electron chi connectivity index (χ1n) is 4.56. The zero-order valence-corrected chi connectivity index (χ0v) is 8.71. The van der Waals surface area contributed by atoms with Crippen LogP contribution in [0.15, 0.2) is 0 Å². The zero-order valence-electron chi connectivity index (χ0n) is 8.71. The van der Waals surface area contributed by atoms with Crippen LogP contribution in [0.3, 0.4) is 0 Å². The van der Waals surface area contributed by atoms with E-state index in [0.29, 0.717) is 18.5 Å². The molecule has 0 aromatic rings. The van der Waals surface area contributed by atoms with Gasteiger partial charge < -0.3 is 15.4 Å². The zero-order chi connectivity index (χ0) is 9.56. The SMILES string of the molecule is CCN(C)C(CN)C(C)COC. The molecular weight excluding hydrogens is 152 g/mol. The van der Waals surface area contributed by atoms with Crippen LogP contribution < -0.4 is 5.73 Å². The van der Waals surface area contributed by atoms with Gasteiger partial charge in [0.15, 0.2) is 0 Å². The van der Waals surface area contributed by atoms with Crippen molar-refractivity contribution in [2.24, 2.45) is 11.7 Å². The molecule has 0 amide bonds. The number of hydrogen-bond acceptors (Lipinski definition) is 3. The van der Waals surface area contributed by atoms with Crippen LogP contribution in [0.25, 0.3) is 0 Å². The van der Waals surface area contributed by atoms with Gasteiger partial charge in [-0.3, -0.25) is 0 Å². The third-order valence-corrected chi connectivity index (χ3v) is 2.39. The molecule has 12 heavy (non-hydrogen) atoms. The van der Waals surface area contributed by atoms with E-state index in [1.807, 2.05) is 0 Å². The lowest BCUT2D eigenvalue weighted by Gasteiger charge is -2.30. The van der Waals surface area contributed by atoms with Crippen LogP contribution in [0, 0.1) is 5.92 Å². The first kappa shape index (κ1) is 11.9. The summed E-state index contributed by atoms with van der Waals surface area (Å²) in [5, 5.41) is 0. The van der Waals surface area contributed by atoms with E-state index in [-0.39, 0.29) is 0 Å². The Bertz CT molecular complexity index is 109. The van der Waals surface area contributed by atoms with Crippen LogP contribution in [-0.2, 0) is 4.74 Å². The summed E-state index contributed by atoms with van der Waals surface area (Å²) in [5.41, 5.74) is 5.68. The van der Waals surface area contributed by atoms with Crippen molar-refractivity contribution in [2.45, 2.75) is 19.9 Å². The quantitative estimate of drug-likeness (QED) is 0.639. The summed E-state index contributed by atoms with van der Waals surface area (Å²) < 4.78 is 5.10. The first-order chi connectivity index (χ1) is 5.67. The topological polar surface area (TPSA) is 38.5 Å². The molecule has 2 unspecified atom stereocenters. The number of nitrogens with zero attached hydrogens (tertiary/aromatic N) is 1. The second kappa shape index (κ2) is 6.40. The molecule has 0 aromatic heterocycles. The molecule has 0 saturated heterocycles. The molecule has 2 N–H and O–H groups in total. The number of nitrogens with two attached hydrogens (primary N) is 1. The minimum Gasteiger partial charge on any atom is -0.384 e. The lowest BCUT2D eigenvalue weighted by Crippen LogP contribution is -2.43. The summed E-state index contributed by atoms with van der Waals surface area (Å²) in [6.45, 7) is 6.84. The standard InChI is InChI=1S/C9H22N2O/c1-5-11(3)9(6-10)8(2)7-12-4/h8-9H,5-7,10H2,1-4H3. The smallest absolute Gasteiger partial charge is 0.0503 e. The molecule has 0 bridgehead atoms. The van der Waals surface area contributed by atoms with Crippen molar-refractivity contribution >= 4 is 0 Å². The lowest BCUT2D eigenvalue weighted by atomic mass is 10.0. The Kier molecular flexibility index (Phi) is 6.34. The highest BCUT2D eigenvalue weighted by atomic mass is 16.5. The average Bonchev–Trinajstić information content (AvgIpc) is 2.06.